The zero-order valence-electron chi connectivity index (χ0n) is 14.7. The van der Waals surface area contributed by atoms with Crippen LogP contribution in [-0.2, 0) is 14.4 Å². The summed E-state index contributed by atoms with van der Waals surface area (Å²) in [6.45, 7) is 9.77. The lowest BCUT2D eigenvalue weighted by atomic mass is 10.0. The van der Waals surface area contributed by atoms with Crippen LogP contribution in [0.4, 0.5) is 0 Å². The second-order valence-electron chi connectivity index (χ2n) is 6.42. The third-order valence-electron chi connectivity index (χ3n) is 3.80. The minimum atomic E-state index is -0.609. The standard InChI is InChI=1S/C17H32N2O3/c1-6-13(4)15(20)11-18-17(22)14(5)19-16(21)10-8-7-9-12(2)3/h12-14H,6-11H2,1-5H3,(H,18,22)(H,19,21). The molecule has 0 radical (unpaired) electrons. The zero-order valence-corrected chi connectivity index (χ0v) is 14.7. The summed E-state index contributed by atoms with van der Waals surface area (Å²) >= 11 is 0. The Morgan fingerprint density at radius 2 is 1.64 bits per heavy atom. The molecule has 0 aromatic carbocycles. The molecule has 2 atom stereocenters. The van der Waals surface area contributed by atoms with E-state index in [4.69, 9.17) is 0 Å². The molecule has 0 saturated carbocycles. The van der Waals surface area contributed by atoms with Crippen LogP contribution in [0.15, 0.2) is 0 Å². The van der Waals surface area contributed by atoms with Crippen LogP contribution in [0.25, 0.3) is 0 Å². The van der Waals surface area contributed by atoms with Gasteiger partial charge in [0.2, 0.25) is 11.8 Å². The van der Waals surface area contributed by atoms with Crippen LogP contribution in [0, 0.1) is 11.8 Å². The number of ketones is 1. The van der Waals surface area contributed by atoms with Gasteiger partial charge in [-0.3, -0.25) is 14.4 Å². The van der Waals surface area contributed by atoms with E-state index in [1.165, 1.54) is 0 Å². The molecule has 5 nitrogen and oxygen atoms in total. The number of rotatable bonds is 11. The van der Waals surface area contributed by atoms with E-state index in [-0.39, 0.29) is 30.1 Å². The second-order valence-corrected chi connectivity index (χ2v) is 6.42. The molecule has 2 unspecified atom stereocenters. The normalized spacial score (nSPS) is 13.5. The Morgan fingerprint density at radius 1 is 1.00 bits per heavy atom. The maximum Gasteiger partial charge on any atom is 0.242 e. The maximum atomic E-state index is 11.8. The van der Waals surface area contributed by atoms with Crippen molar-refractivity contribution in [2.45, 2.75) is 72.8 Å². The van der Waals surface area contributed by atoms with Gasteiger partial charge in [0.05, 0.1) is 6.54 Å². The highest BCUT2D eigenvalue weighted by molar-refractivity contribution is 5.91. The average molecular weight is 312 g/mol. The number of nitrogens with one attached hydrogen (secondary N) is 2. The summed E-state index contributed by atoms with van der Waals surface area (Å²) in [6, 6.07) is -0.609. The van der Waals surface area contributed by atoms with Gasteiger partial charge >= 0.3 is 0 Å². The van der Waals surface area contributed by atoms with Gasteiger partial charge < -0.3 is 10.6 Å². The summed E-state index contributed by atoms with van der Waals surface area (Å²) in [5, 5.41) is 5.25. The molecule has 2 amide bonds. The number of hydrogen-bond donors (Lipinski definition) is 2. The van der Waals surface area contributed by atoms with Gasteiger partial charge in [-0.15, -0.1) is 0 Å². The van der Waals surface area contributed by atoms with Gasteiger partial charge in [0.25, 0.3) is 0 Å². The van der Waals surface area contributed by atoms with Crippen molar-refractivity contribution in [1.82, 2.24) is 10.6 Å². The number of Topliss-reactive ketones (excluding diaryl/α,β-unsaturated/α-hetero) is 1. The quantitative estimate of drug-likeness (QED) is 0.575. The molecule has 5 heteroatoms. The van der Waals surface area contributed by atoms with Crippen molar-refractivity contribution in [2.75, 3.05) is 6.54 Å². The maximum absolute atomic E-state index is 11.8. The summed E-state index contributed by atoms with van der Waals surface area (Å²) in [6.07, 6.45) is 4.18. The van der Waals surface area contributed by atoms with Gasteiger partial charge in [0.15, 0.2) is 5.78 Å². The molecular formula is C17H32N2O3. The SMILES string of the molecule is CCC(C)C(=O)CNC(=O)C(C)NC(=O)CCCCC(C)C. The predicted octanol–water partition coefficient (Wildman–Crippen LogP) is 2.44. The Morgan fingerprint density at radius 3 is 2.18 bits per heavy atom. The first-order chi connectivity index (χ1) is 10.3. The number of carbonyl (C=O) groups is 3. The van der Waals surface area contributed by atoms with E-state index in [1.807, 2.05) is 13.8 Å². The van der Waals surface area contributed by atoms with Crippen molar-refractivity contribution < 1.29 is 14.4 Å². The summed E-state index contributed by atoms with van der Waals surface area (Å²) in [4.78, 5) is 35.2. The van der Waals surface area contributed by atoms with E-state index in [9.17, 15) is 14.4 Å². The van der Waals surface area contributed by atoms with Crippen molar-refractivity contribution in [3.8, 4) is 0 Å². The highest BCUT2D eigenvalue weighted by Gasteiger charge is 2.17. The minimum absolute atomic E-state index is 0.0167. The van der Waals surface area contributed by atoms with Crippen LogP contribution in [0.1, 0.15) is 66.7 Å². The fourth-order valence-corrected chi connectivity index (χ4v) is 1.95. The third kappa shape index (κ3) is 9.53. The molecule has 0 rings (SSSR count). The molecule has 0 aliphatic carbocycles. The largest absolute Gasteiger partial charge is 0.347 e. The van der Waals surface area contributed by atoms with Crippen molar-refractivity contribution in [3.05, 3.63) is 0 Å². The molecule has 0 spiro atoms. The van der Waals surface area contributed by atoms with E-state index in [0.717, 1.165) is 25.7 Å². The summed E-state index contributed by atoms with van der Waals surface area (Å²) in [5.41, 5.74) is 0. The van der Waals surface area contributed by atoms with E-state index >= 15 is 0 Å². The Kier molecular flexibility index (Phi) is 10.5. The van der Waals surface area contributed by atoms with Gasteiger partial charge in [-0.05, 0) is 25.7 Å². The molecule has 0 aromatic rings. The van der Waals surface area contributed by atoms with E-state index in [1.54, 1.807) is 6.92 Å². The van der Waals surface area contributed by atoms with E-state index < -0.39 is 6.04 Å². The van der Waals surface area contributed by atoms with Crippen LogP contribution >= 0.6 is 0 Å². The first-order valence-electron chi connectivity index (χ1n) is 8.37. The molecule has 0 fully saturated rings. The van der Waals surface area contributed by atoms with Crippen LogP contribution in [0.2, 0.25) is 0 Å². The van der Waals surface area contributed by atoms with Crippen molar-refractivity contribution in [1.29, 1.82) is 0 Å². The monoisotopic (exact) mass is 312 g/mol. The van der Waals surface area contributed by atoms with Gasteiger partial charge in [0.1, 0.15) is 6.04 Å². The fourth-order valence-electron chi connectivity index (χ4n) is 1.95. The molecular weight excluding hydrogens is 280 g/mol. The lowest BCUT2D eigenvalue weighted by molar-refractivity contribution is -0.130. The number of carbonyl (C=O) groups excluding carboxylic acids is 3. The fraction of sp³-hybridized carbons (Fsp3) is 0.824. The molecule has 0 aliphatic heterocycles. The van der Waals surface area contributed by atoms with Gasteiger partial charge in [0, 0.05) is 12.3 Å². The number of hydrogen-bond acceptors (Lipinski definition) is 3. The van der Waals surface area contributed by atoms with E-state index in [2.05, 4.69) is 24.5 Å². The lowest BCUT2D eigenvalue weighted by Crippen LogP contribution is -2.46. The van der Waals surface area contributed by atoms with Crippen LogP contribution in [0.3, 0.4) is 0 Å². The van der Waals surface area contributed by atoms with Crippen LogP contribution in [-0.4, -0.2) is 30.2 Å². The molecule has 0 heterocycles. The van der Waals surface area contributed by atoms with Crippen molar-refractivity contribution in [3.63, 3.8) is 0 Å². The van der Waals surface area contributed by atoms with E-state index in [0.29, 0.717) is 12.3 Å². The highest BCUT2D eigenvalue weighted by Crippen LogP contribution is 2.08. The van der Waals surface area contributed by atoms with Crippen LogP contribution in [0.5, 0.6) is 0 Å². The smallest absolute Gasteiger partial charge is 0.242 e. The Balaban J connectivity index is 3.94. The number of unbranched alkanes of at least 4 members (excludes halogenated alkanes) is 1. The molecule has 0 aliphatic rings. The average Bonchev–Trinajstić information content (AvgIpc) is 2.47. The van der Waals surface area contributed by atoms with Crippen LogP contribution < -0.4 is 10.6 Å². The Labute approximate surface area is 134 Å². The molecule has 0 aromatic heterocycles. The first-order valence-corrected chi connectivity index (χ1v) is 8.37. The highest BCUT2D eigenvalue weighted by atomic mass is 16.2. The first kappa shape index (κ1) is 20.6. The topological polar surface area (TPSA) is 75.3 Å². The second kappa shape index (κ2) is 11.2. The molecule has 0 saturated heterocycles. The molecule has 128 valence electrons. The Bertz CT molecular complexity index is 367. The van der Waals surface area contributed by atoms with Gasteiger partial charge in [-0.1, -0.05) is 40.5 Å². The minimum Gasteiger partial charge on any atom is -0.347 e. The predicted molar refractivity (Wildman–Crippen MR) is 88.4 cm³/mol. The summed E-state index contributed by atoms with van der Waals surface area (Å²) in [5.74, 6) is 0.192. The Hall–Kier alpha value is -1.39. The lowest BCUT2D eigenvalue weighted by Gasteiger charge is -2.15. The molecule has 0 bridgehead atoms. The summed E-state index contributed by atoms with van der Waals surface area (Å²) in [7, 11) is 0. The third-order valence-corrected chi connectivity index (χ3v) is 3.80. The zero-order chi connectivity index (χ0) is 17.1. The van der Waals surface area contributed by atoms with Gasteiger partial charge in [-0.25, -0.2) is 0 Å². The van der Waals surface area contributed by atoms with Crippen molar-refractivity contribution >= 4 is 17.6 Å². The van der Waals surface area contributed by atoms with Crippen molar-refractivity contribution in [2.24, 2.45) is 11.8 Å². The number of amides is 2. The molecule has 22 heavy (non-hydrogen) atoms. The van der Waals surface area contributed by atoms with Gasteiger partial charge in [-0.2, -0.15) is 0 Å². The summed E-state index contributed by atoms with van der Waals surface area (Å²) < 4.78 is 0. The molecule has 2 N–H and O–H groups in total.